The van der Waals surface area contributed by atoms with Crippen LogP contribution in [0.2, 0.25) is 0 Å². The standard InChI is InChI=1S/C20H21FN4/c1-25(14-16-7-3-2-4-8-16)20-13-19(23-15-24-20)22-12-11-17-9-5-6-10-18(17)21/h2-10,13,15H,11-12,14H2,1H3,(H,22,23,24). The first-order chi connectivity index (χ1) is 12.2. The van der Waals surface area contributed by atoms with Crippen molar-refractivity contribution in [2.45, 2.75) is 13.0 Å². The molecule has 4 nitrogen and oxygen atoms in total. The first-order valence-electron chi connectivity index (χ1n) is 8.27. The van der Waals surface area contributed by atoms with E-state index >= 15 is 0 Å². The molecule has 0 bridgehead atoms. The molecule has 0 unspecified atom stereocenters. The van der Waals surface area contributed by atoms with Crippen LogP contribution in [0.1, 0.15) is 11.1 Å². The van der Waals surface area contributed by atoms with Crippen molar-refractivity contribution in [3.8, 4) is 0 Å². The predicted octanol–water partition coefficient (Wildman–Crippen LogP) is 3.91. The van der Waals surface area contributed by atoms with Gasteiger partial charge in [-0.25, -0.2) is 14.4 Å². The molecule has 25 heavy (non-hydrogen) atoms. The molecular formula is C20H21FN4. The van der Waals surface area contributed by atoms with Crippen LogP contribution in [0.15, 0.2) is 67.0 Å². The molecule has 1 aromatic heterocycles. The molecule has 0 aliphatic rings. The summed E-state index contributed by atoms with van der Waals surface area (Å²) in [7, 11) is 2.00. The van der Waals surface area contributed by atoms with Crippen molar-refractivity contribution in [2.75, 3.05) is 23.8 Å². The molecule has 5 heteroatoms. The van der Waals surface area contributed by atoms with E-state index in [1.165, 1.54) is 11.6 Å². The Hall–Kier alpha value is -2.95. The zero-order valence-corrected chi connectivity index (χ0v) is 14.2. The monoisotopic (exact) mass is 336 g/mol. The lowest BCUT2D eigenvalue weighted by Gasteiger charge is -2.18. The van der Waals surface area contributed by atoms with Crippen LogP contribution < -0.4 is 10.2 Å². The van der Waals surface area contributed by atoms with Crippen LogP contribution in [0, 0.1) is 5.82 Å². The third-order valence-corrected chi connectivity index (χ3v) is 3.96. The van der Waals surface area contributed by atoms with E-state index in [0.29, 0.717) is 18.5 Å². The summed E-state index contributed by atoms with van der Waals surface area (Å²) in [5.74, 6) is 1.41. The van der Waals surface area contributed by atoms with Crippen LogP contribution in [-0.4, -0.2) is 23.6 Å². The van der Waals surface area contributed by atoms with Crippen LogP contribution in [-0.2, 0) is 13.0 Å². The lowest BCUT2D eigenvalue weighted by Crippen LogP contribution is -2.18. The molecule has 128 valence electrons. The van der Waals surface area contributed by atoms with E-state index in [4.69, 9.17) is 0 Å². The molecule has 3 aromatic rings. The number of anilines is 2. The largest absolute Gasteiger partial charge is 0.370 e. The Bertz CT molecular complexity index is 808. The van der Waals surface area contributed by atoms with Gasteiger partial charge in [-0.2, -0.15) is 0 Å². The second-order valence-electron chi connectivity index (χ2n) is 5.87. The maximum atomic E-state index is 13.6. The second kappa shape index (κ2) is 8.24. The van der Waals surface area contributed by atoms with Gasteiger partial charge in [-0.05, 0) is 23.6 Å². The van der Waals surface area contributed by atoms with E-state index in [0.717, 1.165) is 18.2 Å². The lowest BCUT2D eigenvalue weighted by atomic mass is 10.1. The molecule has 0 radical (unpaired) electrons. The maximum absolute atomic E-state index is 13.6. The highest BCUT2D eigenvalue weighted by Crippen LogP contribution is 2.15. The smallest absolute Gasteiger partial charge is 0.134 e. The third-order valence-electron chi connectivity index (χ3n) is 3.96. The molecule has 0 aliphatic heterocycles. The van der Waals surface area contributed by atoms with Gasteiger partial charge < -0.3 is 10.2 Å². The van der Waals surface area contributed by atoms with Gasteiger partial charge in [-0.3, -0.25) is 0 Å². The quantitative estimate of drug-likeness (QED) is 0.710. The van der Waals surface area contributed by atoms with Crippen molar-refractivity contribution in [1.82, 2.24) is 9.97 Å². The van der Waals surface area contributed by atoms with Gasteiger partial charge in [-0.1, -0.05) is 48.5 Å². The summed E-state index contributed by atoms with van der Waals surface area (Å²) in [6.45, 7) is 1.38. The Labute approximate surface area is 147 Å². The van der Waals surface area contributed by atoms with Crippen molar-refractivity contribution >= 4 is 11.6 Å². The maximum Gasteiger partial charge on any atom is 0.134 e. The zero-order valence-electron chi connectivity index (χ0n) is 14.2. The first kappa shape index (κ1) is 16.9. The van der Waals surface area contributed by atoms with Gasteiger partial charge in [0.05, 0.1) is 0 Å². The number of halogens is 1. The minimum Gasteiger partial charge on any atom is -0.370 e. The molecule has 0 fully saturated rings. The second-order valence-corrected chi connectivity index (χ2v) is 5.87. The molecule has 0 spiro atoms. The van der Waals surface area contributed by atoms with Gasteiger partial charge in [-0.15, -0.1) is 0 Å². The Morgan fingerprint density at radius 2 is 1.76 bits per heavy atom. The fraction of sp³-hybridized carbons (Fsp3) is 0.200. The van der Waals surface area contributed by atoms with Crippen molar-refractivity contribution in [2.24, 2.45) is 0 Å². The van der Waals surface area contributed by atoms with E-state index < -0.39 is 0 Å². The molecule has 1 heterocycles. The highest BCUT2D eigenvalue weighted by Gasteiger charge is 2.06. The number of aromatic nitrogens is 2. The summed E-state index contributed by atoms with van der Waals surface area (Å²) in [5.41, 5.74) is 1.92. The van der Waals surface area contributed by atoms with E-state index in [9.17, 15) is 4.39 Å². The predicted molar refractivity (Wildman–Crippen MR) is 99.2 cm³/mol. The van der Waals surface area contributed by atoms with Gasteiger partial charge in [0.2, 0.25) is 0 Å². The summed E-state index contributed by atoms with van der Waals surface area (Å²) < 4.78 is 13.6. The lowest BCUT2D eigenvalue weighted by molar-refractivity contribution is 0.610. The number of hydrogen-bond acceptors (Lipinski definition) is 4. The fourth-order valence-corrected chi connectivity index (χ4v) is 2.62. The average Bonchev–Trinajstić information content (AvgIpc) is 2.64. The van der Waals surface area contributed by atoms with Gasteiger partial charge in [0, 0.05) is 26.2 Å². The van der Waals surface area contributed by atoms with Crippen LogP contribution >= 0.6 is 0 Å². The Morgan fingerprint density at radius 1 is 1.00 bits per heavy atom. The minimum atomic E-state index is -0.171. The molecule has 3 rings (SSSR count). The molecule has 0 aliphatic carbocycles. The number of rotatable bonds is 7. The number of hydrogen-bond donors (Lipinski definition) is 1. The van der Waals surface area contributed by atoms with E-state index in [1.54, 1.807) is 18.5 Å². The van der Waals surface area contributed by atoms with Crippen molar-refractivity contribution in [3.05, 3.63) is 83.9 Å². The summed E-state index contributed by atoms with van der Waals surface area (Å²) >= 11 is 0. The Morgan fingerprint density at radius 3 is 2.56 bits per heavy atom. The van der Waals surface area contributed by atoms with Crippen LogP contribution in [0.3, 0.4) is 0 Å². The molecule has 0 amide bonds. The van der Waals surface area contributed by atoms with Crippen LogP contribution in [0.4, 0.5) is 16.0 Å². The van der Waals surface area contributed by atoms with Crippen LogP contribution in [0.5, 0.6) is 0 Å². The van der Waals surface area contributed by atoms with Gasteiger partial charge in [0.15, 0.2) is 0 Å². The van der Waals surface area contributed by atoms with E-state index in [2.05, 4.69) is 32.3 Å². The fourth-order valence-electron chi connectivity index (χ4n) is 2.62. The van der Waals surface area contributed by atoms with Gasteiger partial charge in [0.1, 0.15) is 23.8 Å². The topological polar surface area (TPSA) is 41.0 Å². The SMILES string of the molecule is CN(Cc1ccccc1)c1cc(NCCc2ccccc2F)ncn1. The number of nitrogens with one attached hydrogen (secondary N) is 1. The summed E-state index contributed by atoms with van der Waals surface area (Å²) in [6.07, 6.45) is 2.15. The Kier molecular flexibility index (Phi) is 5.57. The third kappa shape index (κ3) is 4.76. The van der Waals surface area contributed by atoms with E-state index in [-0.39, 0.29) is 5.82 Å². The number of nitrogens with zero attached hydrogens (tertiary/aromatic N) is 3. The normalized spacial score (nSPS) is 10.5. The van der Waals surface area contributed by atoms with Crippen molar-refractivity contribution in [3.63, 3.8) is 0 Å². The molecule has 0 atom stereocenters. The average molecular weight is 336 g/mol. The number of benzene rings is 2. The summed E-state index contributed by atoms with van der Waals surface area (Å²) in [4.78, 5) is 10.6. The zero-order chi connectivity index (χ0) is 17.5. The molecule has 0 saturated heterocycles. The van der Waals surface area contributed by atoms with E-state index in [1.807, 2.05) is 37.4 Å². The molecule has 0 saturated carbocycles. The van der Waals surface area contributed by atoms with Gasteiger partial charge >= 0.3 is 0 Å². The van der Waals surface area contributed by atoms with Crippen molar-refractivity contribution < 1.29 is 4.39 Å². The molecule has 1 N–H and O–H groups in total. The minimum absolute atomic E-state index is 0.171. The van der Waals surface area contributed by atoms with Crippen LogP contribution in [0.25, 0.3) is 0 Å². The highest BCUT2D eigenvalue weighted by atomic mass is 19.1. The van der Waals surface area contributed by atoms with Crippen molar-refractivity contribution in [1.29, 1.82) is 0 Å². The highest BCUT2D eigenvalue weighted by molar-refractivity contribution is 5.48. The summed E-state index contributed by atoms with van der Waals surface area (Å²) in [6, 6.07) is 19.0. The molecular weight excluding hydrogens is 315 g/mol. The molecule has 2 aromatic carbocycles. The van der Waals surface area contributed by atoms with Gasteiger partial charge in [0.25, 0.3) is 0 Å². The summed E-state index contributed by atoms with van der Waals surface area (Å²) in [5, 5.41) is 3.24. The Balaban J connectivity index is 1.58. The first-order valence-corrected chi connectivity index (χ1v) is 8.27.